The maximum atomic E-state index is 15.9. The highest BCUT2D eigenvalue weighted by atomic mass is 32.2. The second-order valence-corrected chi connectivity index (χ2v) is 14.0. The molecule has 2 fully saturated rings. The first-order chi connectivity index (χ1) is 22.8. The molecule has 1 aliphatic carbocycles. The quantitative estimate of drug-likeness (QED) is 0.167. The van der Waals surface area contributed by atoms with Crippen LogP contribution in [0.5, 0.6) is 0 Å². The number of carbonyl (C=O) groups is 1. The van der Waals surface area contributed by atoms with E-state index in [0.717, 1.165) is 30.3 Å². The fourth-order valence-corrected chi connectivity index (χ4v) is 8.54. The van der Waals surface area contributed by atoms with Crippen LogP contribution in [-0.2, 0) is 10.0 Å². The number of nitro benzene ring substituents is 1. The van der Waals surface area contributed by atoms with E-state index in [9.17, 15) is 33.0 Å². The van der Waals surface area contributed by atoms with Crippen molar-refractivity contribution >= 4 is 49.5 Å². The molecular formula is C32H28F2N8O5S. The summed E-state index contributed by atoms with van der Waals surface area (Å²) in [4.78, 5) is 32.8. The predicted molar refractivity (Wildman–Crippen MR) is 171 cm³/mol. The molecule has 1 amide bonds. The highest BCUT2D eigenvalue weighted by molar-refractivity contribution is 7.89. The topological polar surface area (TPSA) is 170 Å². The highest BCUT2D eigenvalue weighted by Gasteiger charge is 2.57. The standard InChI is InChI=1S/C32H28F2N8O5S/c1-18-11-24-27(13-25(33)28(29(24)36-18)31(43)38-20-12-26(34)30-37-19(2)14-40(30)15-20)39-10-7-22(16-39)41(32(17-35)8-9-32)48(46,47)23-5-3-21(4-6-23)42(44)45/h3-6,11-15,22,36H,7-10,16H2,1-2H3,(H,38,43)/t22-/m1/s1. The van der Waals surface area contributed by atoms with Crippen LogP contribution < -0.4 is 10.2 Å². The molecule has 7 rings (SSSR count). The van der Waals surface area contributed by atoms with Crippen LogP contribution in [-0.4, -0.2) is 62.6 Å². The summed E-state index contributed by atoms with van der Waals surface area (Å²) in [5.41, 5.74) is 0.275. The number of H-pyrrole nitrogens is 1. The predicted octanol–water partition coefficient (Wildman–Crippen LogP) is 5.20. The van der Waals surface area contributed by atoms with Crippen molar-refractivity contribution in [3.63, 3.8) is 0 Å². The number of hydrogen-bond donors (Lipinski definition) is 2. The summed E-state index contributed by atoms with van der Waals surface area (Å²) in [5.74, 6) is -2.30. The fourth-order valence-electron chi connectivity index (χ4n) is 6.58. The van der Waals surface area contributed by atoms with E-state index in [2.05, 4.69) is 21.4 Å². The number of benzene rings is 2. The summed E-state index contributed by atoms with van der Waals surface area (Å²) >= 11 is 0. The third-order valence-corrected chi connectivity index (χ3v) is 10.9. The summed E-state index contributed by atoms with van der Waals surface area (Å²) in [6.45, 7) is 3.91. The minimum Gasteiger partial charge on any atom is -0.369 e. The van der Waals surface area contributed by atoms with Gasteiger partial charge in [-0.15, -0.1) is 0 Å². The molecule has 2 aliphatic rings. The van der Waals surface area contributed by atoms with Crippen molar-refractivity contribution in [1.82, 2.24) is 18.7 Å². The number of carbonyl (C=O) groups excluding carboxylic acids is 1. The van der Waals surface area contributed by atoms with Gasteiger partial charge in [0, 0.05) is 66.5 Å². The molecule has 4 heterocycles. The van der Waals surface area contributed by atoms with Crippen LogP contribution in [0.2, 0.25) is 0 Å². The molecule has 1 saturated carbocycles. The third kappa shape index (κ3) is 5.11. The van der Waals surface area contributed by atoms with E-state index in [0.29, 0.717) is 48.3 Å². The van der Waals surface area contributed by atoms with Gasteiger partial charge in [-0.25, -0.2) is 22.2 Å². The molecule has 1 aliphatic heterocycles. The summed E-state index contributed by atoms with van der Waals surface area (Å²) in [6, 6.07) is 10.1. The van der Waals surface area contributed by atoms with Crippen molar-refractivity contribution in [1.29, 1.82) is 5.26 Å². The SMILES string of the molecule is Cc1cn2cc(NC(=O)c3c(F)cc(N4CC[C@@H](N(C5(C#N)CC5)S(=O)(=O)c5ccc([N+](=O)[O-])cc5)C4)c4cc(C)[nH]c34)cc(F)c2n1. The van der Waals surface area contributed by atoms with Crippen LogP contribution in [0, 0.1) is 46.9 Å². The number of sulfonamides is 1. The average Bonchev–Trinajstić information content (AvgIpc) is 3.29. The smallest absolute Gasteiger partial charge is 0.269 e. The first-order valence-corrected chi connectivity index (χ1v) is 16.5. The molecule has 0 radical (unpaired) electrons. The molecule has 1 atom stereocenters. The van der Waals surface area contributed by atoms with Gasteiger partial charge in [0.05, 0.1) is 38.3 Å². The number of halogens is 2. The maximum absolute atomic E-state index is 15.9. The lowest BCUT2D eigenvalue weighted by Crippen LogP contribution is -2.49. The molecule has 48 heavy (non-hydrogen) atoms. The van der Waals surface area contributed by atoms with Gasteiger partial charge in [-0.05, 0) is 57.4 Å². The van der Waals surface area contributed by atoms with Crippen LogP contribution in [0.1, 0.15) is 41.0 Å². The number of nitriles is 1. The summed E-state index contributed by atoms with van der Waals surface area (Å²) in [7, 11) is -4.25. The lowest BCUT2D eigenvalue weighted by molar-refractivity contribution is -0.384. The Bertz CT molecular complexity index is 2310. The molecule has 1 saturated heterocycles. The first kappa shape index (κ1) is 31.2. The molecule has 0 spiro atoms. The number of pyridine rings is 1. The molecule has 0 bridgehead atoms. The number of imidazole rings is 1. The fraction of sp³-hybridized carbons (Fsp3) is 0.281. The zero-order chi connectivity index (χ0) is 34.1. The monoisotopic (exact) mass is 674 g/mol. The third-order valence-electron chi connectivity index (χ3n) is 8.89. The summed E-state index contributed by atoms with van der Waals surface area (Å²) in [5, 5.41) is 24.3. The van der Waals surface area contributed by atoms with Crippen molar-refractivity contribution in [2.75, 3.05) is 23.3 Å². The van der Waals surface area contributed by atoms with Gasteiger partial charge in [0.2, 0.25) is 10.0 Å². The molecule has 16 heteroatoms. The minimum absolute atomic E-state index is 0.0915. The van der Waals surface area contributed by atoms with Crippen LogP contribution >= 0.6 is 0 Å². The molecule has 5 aromatic rings. The van der Waals surface area contributed by atoms with Crippen molar-refractivity contribution in [2.24, 2.45) is 0 Å². The van der Waals surface area contributed by atoms with Gasteiger partial charge in [0.25, 0.3) is 11.6 Å². The Morgan fingerprint density at radius 1 is 1.17 bits per heavy atom. The van der Waals surface area contributed by atoms with Gasteiger partial charge >= 0.3 is 0 Å². The van der Waals surface area contributed by atoms with Gasteiger partial charge < -0.3 is 19.6 Å². The number of aromatic nitrogens is 3. The zero-order valence-electron chi connectivity index (χ0n) is 25.7. The maximum Gasteiger partial charge on any atom is 0.269 e. The number of nitrogens with zero attached hydrogens (tertiary/aromatic N) is 6. The van der Waals surface area contributed by atoms with Gasteiger partial charge in [0.1, 0.15) is 11.4 Å². The van der Waals surface area contributed by atoms with Crippen molar-refractivity contribution in [3.05, 3.63) is 93.6 Å². The number of amides is 1. The van der Waals surface area contributed by atoms with Crippen molar-refractivity contribution < 1.29 is 26.9 Å². The molecule has 2 N–H and O–H groups in total. The number of aryl methyl sites for hydroxylation is 2. The molecule has 246 valence electrons. The molecule has 3 aromatic heterocycles. The number of non-ortho nitro benzene ring substituents is 1. The first-order valence-electron chi connectivity index (χ1n) is 15.0. The van der Waals surface area contributed by atoms with Crippen molar-refractivity contribution in [2.45, 2.75) is 49.6 Å². The van der Waals surface area contributed by atoms with Gasteiger partial charge in [0.15, 0.2) is 11.5 Å². The molecular weight excluding hydrogens is 646 g/mol. The molecule has 13 nitrogen and oxygen atoms in total. The van der Waals surface area contributed by atoms with Crippen LogP contribution in [0.15, 0.2) is 59.8 Å². The van der Waals surface area contributed by atoms with Gasteiger partial charge in [-0.1, -0.05) is 0 Å². The summed E-state index contributed by atoms with van der Waals surface area (Å²) < 4.78 is 61.2. The average molecular weight is 675 g/mol. The van der Waals surface area contributed by atoms with E-state index in [1.807, 2.05) is 4.90 Å². The number of nitro groups is 1. The largest absolute Gasteiger partial charge is 0.369 e. The van der Waals surface area contributed by atoms with Crippen LogP contribution in [0.3, 0.4) is 0 Å². The number of hydrogen-bond acceptors (Lipinski definition) is 8. The van der Waals surface area contributed by atoms with E-state index >= 15 is 4.39 Å². The normalized spacial score (nSPS) is 17.2. The Labute approximate surface area is 272 Å². The Morgan fingerprint density at radius 3 is 2.56 bits per heavy atom. The van der Waals surface area contributed by atoms with Gasteiger partial charge in [-0.2, -0.15) is 9.57 Å². The second-order valence-electron chi connectivity index (χ2n) is 12.2. The van der Waals surface area contributed by atoms with E-state index in [-0.39, 0.29) is 39.5 Å². The van der Waals surface area contributed by atoms with Crippen LogP contribution in [0.25, 0.3) is 16.6 Å². The van der Waals surface area contributed by atoms with E-state index < -0.39 is 44.1 Å². The minimum atomic E-state index is -4.25. The van der Waals surface area contributed by atoms with E-state index in [4.69, 9.17) is 0 Å². The number of aromatic amines is 1. The molecule has 2 aromatic carbocycles. The lowest BCUT2D eigenvalue weighted by atomic mass is 10.1. The summed E-state index contributed by atoms with van der Waals surface area (Å²) in [6.07, 6.45) is 4.08. The molecule has 0 unspecified atom stereocenters. The number of anilines is 2. The lowest BCUT2D eigenvalue weighted by Gasteiger charge is -2.32. The zero-order valence-corrected chi connectivity index (χ0v) is 26.5. The Balaban J connectivity index is 1.20. The Hall–Kier alpha value is -5.40. The van der Waals surface area contributed by atoms with Crippen molar-refractivity contribution in [3.8, 4) is 6.07 Å². The van der Waals surface area contributed by atoms with E-state index in [1.165, 1.54) is 21.0 Å². The number of nitrogens with one attached hydrogen (secondary N) is 2. The Kier molecular flexibility index (Phi) is 7.22. The number of fused-ring (bicyclic) bond motifs is 2. The number of rotatable bonds is 8. The van der Waals surface area contributed by atoms with Crippen LogP contribution in [0.4, 0.5) is 25.8 Å². The van der Waals surface area contributed by atoms with Gasteiger partial charge in [-0.3, -0.25) is 14.9 Å². The Morgan fingerprint density at radius 2 is 1.90 bits per heavy atom. The second kappa shape index (κ2) is 11.1. The van der Waals surface area contributed by atoms with E-state index in [1.54, 1.807) is 26.1 Å². The highest BCUT2D eigenvalue weighted by Crippen LogP contribution is 2.47.